The largest absolute Gasteiger partial charge is 0.307 e. The van der Waals surface area contributed by atoms with Crippen molar-refractivity contribution in [2.45, 2.75) is 47.0 Å². The number of aromatic nitrogens is 2. The summed E-state index contributed by atoms with van der Waals surface area (Å²) < 4.78 is 4.99. The molecule has 3 aromatic heterocycles. The second kappa shape index (κ2) is 7.43. The molecule has 0 aliphatic heterocycles. The van der Waals surface area contributed by atoms with Crippen LogP contribution in [0.4, 0.5) is 0 Å². The van der Waals surface area contributed by atoms with Crippen LogP contribution in [0.1, 0.15) is 50.3 Å². The summed E-state index contributed by atoms with van der Waals surface area (Å²) in [6.45, 7) is 11.7. The van der Waals surface area contributed by atoms with Gasteiger partial charge in [0, 0.05) is 16.8 Å². The van der Waals surface area contributed by atoms with E-state index in [1.165, 1.54) is 76.5 Å². The molecule has 0 N–H and O–H groups in total. The van der Waals surface area contributed by atoms with Crippen LogP contribution in [0.2, 0.25) is 0 Å². The highest BCUT2D eigenvalue weighted by Gasteiger charge is 2.27. The van der Waals surface area contributed by atoms with Crippen molar-refractivity contribution >= 4 is 59.8 Å². The van der Waals surface area contributed by atoms with Gasteiger partial charge in [0.25, 0.3) is 0 Å². The summed E-state index contributed by atoms with van der Waals surface area (Å²) in [6.07, 6.45) is 3.29. The first kappa shape index (κ1) is 21.6. The van der Waals surface area contributed by atoms with E-state index in [1.807, 2.05) is 0 Å². The van der Waals surface area contributed by atoms with Crippen molar-refractivity contribution < 1.29 is 4.57 Å². The lowest BCUT2D eigenvalue weighted by Gasteiger charge is -2.20. The molecule has 3 heterocycles. The number of rotatable bonds is 3. The molecule has 0 aliphatic rings. The second-order valence-electron chi connectivity index (χ2n) is 11.4. The predicted molar refractivity (Wildman–Crippen MR) is 155 cm³/mol. The maximum absolute atomic E-state index is 2.64. The summed E-state index contributed by atoms with van der Waals surface area (Å²) in [5, 5.41) is 9.65. The van der Waals surface area contributed by atoms with Gasteiger partial charge in [-0.15, -0.1) is 0 Å². The van der Waals surface area contributed by atoms with E-state index in [0.29, 0.717) is 11.8 Å². The maximum Gasteiger partial charge on any atom is 0.224 e. The smallest absolute Gasteiger partial charge is 0.224 e. The van der Waals surface area contributed by atoms with Crippen LogP contribution in [-0.4, -0.2) is 4.40 Å². The summed E-state index contributed by atoms with van der Waals surface area (Å²) in [5.41, 5.74) is 9.73. The molecule has 0 atom stereocenters. The Labute approximate surface area is 212 Å². The minimum absolute atomic E-state index is 0.462. The van der Waals surface area contributed by atoms with Gasteiger partial charge in [0.15, 0.2) is 6.20 Å². The first-order chi connectivity index (χ1) is 17.4. The van der Waals surface area contributed by atoms with Crippen LogP contribution in [0, 0.1) is 12.8 Å². The number of hydrogen-bond donors (Lipinski definition) is 0. The zero-order valence-electron chi connectivity index (χ0n) is 22.1. The zero-order valence-corrected chi connectivity index (χ0v) is 22.1. The Hall–Kier alpha value is -3.65. The Balaban J connectivity index is 1.94. The molecular formula is C34H33N2+. The van der Waals surface area contributed by atoms with Gasteiger partial charge in [-0.3, -0.25) is 0 Å². The molecule has 0 saturated heterocycles. The fourth-order valence-electron chi connectivity index (χ4n) is 6.86. The summed E-state index contributed by atoms with van der Waals surface area (Å²) in [6, 6.07) is 22.9. The van der Waals surface area contributed by atoms with Gasteiger partial charge in [-0.05, 0) is 64.1 Å². The van der Waals surface area contributed by atoms with E-state index < -0.39 is 0 Å². The topological polar surface area (TPSA) is 8.29 Å². The first-order valence-corrected chi connectivity index (χ1v) is 13.3. The molecular weight excluding hydrogens is 436 g/mol. The fraction of sp³-hybridized carbons (Fsp3) is 0.265. The Bertz CT molecular complexity index is 1980. The third-order valence-corrected chi connectivity index (χ3v) is 8.33. The molecule has 2 heteroatoms. The zero-order chi connectivity index (χ0) is 24.9. The van der Waals surface area contributed by atoms with Crippen molar-refractivity contribution in [3.05, 3.63) is 83.6 Å². The van der Waals surface area contributed by atoms with E-state index in [9.17, 15) is 0 Å². The predicted octanol–water partition coefficient (Wildman–Crippen LogP) is 8.60. The molecule has 2 nitrogen and oxygen atoms in total. The Morgan fingerprint density at radius 1 is 0.750 bits per heavy atom. The molecule has 4 aromatic carbocycles. The molecule has 0 radical (unpaired) electrons. The van der Waals surface area contributed by atoms with Crippen molar-refractivity contribution in [3.8, 4) is 0 Å². The summed E-state index contributed by atoms with van der Waals surface area (Å²) >= 11 is 0. The maximum atomic E-state index is 2.64. The number of hydrogen-bond acceptors (Lipinski definition) is 0. The molecule has 7 rings (SSSR count). The average molecular weight is 470 g/mol. The Morgan fingerprint density at radius 2 is 1.53 bits per heavy atom. The highest BCUT2D eigenvalue weighted by atomic mass is 15.0. The van der Waals surface area contributed by atoms with Gasteiger partial charge in [0.05, 0.1) is 27.3 Å². The number of nitrogens with zero attached hydrogens (tertiary/aromatic N) is 2. The van der Waals surface area contributed by atoms with Crippen LogP contribution in [0.15, 0.2) is 66.9 Å². The van der Waals surface area contributed by atoms with E-state index in [2.05, 4.69) is 117 Å². The molecule has 0 aliphatic carbocycles. The normalized spacial score (nSPS) is 12.8. The van der Waals surface area contributed by atoms with E-state index >= 15 is 0 Å². The van der Waals surface area contributed by atoms with E-state index in [0.717, 1.165) is 6.42 Å². The molecule has 0 unspecified atom stereocenters. The average Bonchev–Trinajstić information content (AvgIpc) is 3.21. The minimum atomic E-state index is 0.462. The molecule has 36 heavy (non-hydrogen) atoms. The molecule has 0 amide bonds. The van der Waals surface area contributed by atoms with Crippen molar-refractivity contribution in [2.75, 3.05) is 0 Å². The van der Waals surface area contributed by atoms with Crippen molar-refractivity contribution in [1.29, 1.82) is 0 Å². The molecule has 0 saturated carbocycles. The summed E-state index contributed by atoms with van der Waals surface area (Å²) in [5.74, 6) is 1.02. The van der Waals surface area contributed by atoms with Crippen LogP contribution in [0.3, 0.4) is 0 Å². The first-order valence-electron chi connectivity index (χ1n) is 13.3. The monoisotopic (exact) mass is 469 g/mol. The van der Waals surface area contributed by atoms with Crippen molar-refractivity contribution in [1.82, 2.24) is 4.40 Å². The molecule has 0 bridgehead atoms. The lowest BCUT2D eigenvalue weighted by Crippen LogP contribution is -2.29. The number of aryl methyl sites for hydroxylation is 2. The van der Waals surface area contributed by atoms with Crippen LogP contribution in [0.5, 0.6) is 0 Å². The highest BCUT2D eigenvalue weighted by molar-refractivity contribution is 6.29. The minimum Gasteiger partial charge on any atom is -0.307 e. The summed E-state index contributed by atoms with van der Waals surface area (Å²) in [4.78, 5) is 0. The van der Waals surface area contributed by atoms with Crippen molar-refractivity contribution in [2.24, 2.45) is 13.0 Å². The quantitative estimate of drug-likeness (QED) is 0.139. The second-order valence-corrected chi connectivity index (χ2v) is 11.4. The highest BCUT2D eigenvalue weighted by Crippen LogP contribution is 2.45. The van der Waals surface area contributed by atoms with Gasteiger partial charge in [0.1, 0.15) is 7.05 Å². The number of pyridine rings is 2. The number of benzene rings is 4. The Kier molecular flexibility index (Phi) is 4.46. The fourth-order valence-corrected chi connectivity index (χ4v) is 6.86. The third-order valence-electron chi connectivity index (χ3n) is 8.33. The van der Waals surface area contributed by atoms with Gasteiger partial charge in [0.2, 0.25) is 5.52 Å². The van der Waals surface area contributed by atoms with Gasteiger partial charge in [-0.2, -0.15) is 0 Å². The van der Waals surface area contributed by atoms with Gasteiger partial charge in [-0.25, -0.2) is 4.57 Å². The molecule has 7 aromatic rings. The van der Waals surface area contributed by atoms with Gasteiger partial charge < -0.3 is 4.40 Å². The van der Waals surface area contributed by atoms with E-state index in [-0.39, 0.29) is 0 Å². The van der Waals surface area contributed by atoms with E-state index in [4.69, 9.17) is 0 Å². The Morgan fingerprint density at radius 3 is 2.28 bits per heavy atom. The molecule has 0 spiro atoms. The standard InChI is InChI=1S/C34H33N2/c1-19(2)18-27-25-11-8-7-10-24(25)21(5)29-33(27)36-28-13-9-12-23(20(3)4)31(28)26-15-14-22-16-17-35(6)34(29)30(22)32(26)36/h7-17,19-20H,18H2,1-6H3/q+1. The third kappa shape index (κ3) is 2.65. The van der Waals surface area contributed by atoms with Crippen molar-refractivity contribution in [3.63, 3.8) is 0 Å². The lowest BCUT2D eigenvalue weighted by molar-refractivity contribution is -0.643. The van der Waals surface area contributed by atoms with Crippen LogP contribution in [0.25, 0.3) is 59.8 Å². The molecule has 0 fully saturated rings. The van der Waals surface area contributed by atoms with E-state index in [1.54, 1.807) is 0 Å². The van der Waals surface area contributed by atoms with Gasteiger partial charge in [-0.1, -0.05) is 76.2 Å². The van der Waals surface area contributed by atoms with Crippen LogP contribution in [-0.2, 0) is 13.5 Å². The SMILES string of the molecule is Cc1c2ccccc2c(CC(C)C)c2c1c1c3c(ccc4c5c(C(C)C)cccc5n2c43)cc[n+]1C. The van der Waals surface area contributed by atoms with Gasteiger partial charge >= 0.3 is 0 Å². The summed E-state index contributed by atoms with van der Waals surface area (Å²) in [7, 11) is 2.21. The number of fused-ring (bicyclic) bond motifs is 7. The molecule has 178 valence electrons. The van der Waals surface area contributed by atoms with Crippen LogP contribution >= 0.6 is 0 Å². The van der Waals surface area contributed by atoms with Crippen LogP contribution < -0.4 is 4.57 Å². The lowest BCUT2D eigenvalue weighted by atomic mass is 9.89.